The summed E-state index contributed by atoms with van der Waals surface area (Å²) < 4.78 is 30.9. The molecule has 4 rings (SSSR count). The van der Waals surface area contributed by atoms with E-state index in [0.29, 0.717) is 32.7 Å². The summed E-state index contributed by atoms with van der Waals surface area (Å²) in [4.78, 5) is 26.8. The van der Waals surface area contributed by atoms with E-state index in [0.717, 1.165) is 25.8 Å². The second-order valence-electron chi connectivity index (χ2n) is 7.56. The second kappa shape index (κ2) is 12.0. The SMILES string of the molecule is COc1cc(/C=C2\SC(=O)N(CCOc3ccccc3Cl)C2=O)cc(I)c1OCc1ccc(F)cc1. The van der Waals surface area contributed by atoms with E-state index in [4.69, 9.17) is 25.8 Å². The highest BCUT2D eigenvalue weighted by atomic mass is 127. The number of carbonyl (C=O) groups excluding carboxylic acids is 2. The average Bonchev–Trinajstić information content (AvgIpc) is 3.12. The van der Waals surface area contributed by atoms with Crippen LogP contribution < -0.4 is 14.2 Å². The molecule has 1 fully saturated rings. The monoisotopic (exact) mass is 639 g/mol. The lowest BCUT2D eigenvalue weighted by Crippen LogP contribution is -2.32. The van der Waals surface area contributed by atoms with Crippen LogP contribution in [-0.2, 0) is 11.4 Å². The van der Waals surface area contributed by atoms with Gasteiger partial charge in [0.2, 0.25) is 0 Å². The minimum Gasteiger partial charge on any atom is -0.493 e. The number of thioether (sulfide) groups is 1. The third-order valence-corrected chi connectivity index (χ3v) is 7.15. The van der Waals surface area contributed by atoms with E-state index in [1.807, 2.05) is 6.07 Å². The number of benzene rings is 3. The van der Waals surface area contributed by atoms with Gasteiger partial charge in [-0.3, -0.25) is 14.5 Å². The molecule has 0 N–H and O–H groups in total. The molecule has 1 saturated heterocycles. The lowest BCUT2D eigenvalue weighted by molar-refractivity contribution is -0.123. The van der Waals surface area contributed by atoms with Crippen molar-refractivity contribution >= 4 is 63.2 Å². The Morgan fingerprint density at radius 1 is 1.06 bits per heavy atom. The van der Waals surface area contributed by atoms with Crippen LogP contribution in [0.15, 0.2) is 65.6 Å². The summed E-state index contributed by atoms with van der Waals surface area (Å²) in [5.41, 5.74) is 1.49. The predicted octanol–water partition coefficient (Wildman–Crippen LogP) is 6.79. The topological polar surface area (TPSA) is 65.1 Å². The minimum absolute atomic E-state index is 0.101. The Balaban J connectivity index is 1.44. The molecule has 36 heavy (non-hydrogen) atoms. The molecule has 6 nitrogen and oxygen atoms in total. The highest BCUT2D eigenvalue weighted by Gasteiger charge is 2.35. The number of rotatable bonds is 9. The Morgan fingerprint density at radius 2 is 1.81 bits per heavy atom. The Labute approximate surface area is 230 Å². The van der Waals surface area contributed by atoms with Crippen LogP contribution in [0.4, 0.5) is 9.18 Å². The maximum absolute atomic E-state index is 13.1. The molecule has 10 heteroatoms. The number of imide groups is 1. The van der Waals surface area contributed by atoms with Crippen LogP contribution in [-0.4, -0.2) is 36.3 Å². The van der Waals surface area contributed by atoms with Crippen molar-refractivity contribution in [2.75, 3.05) is 20.3 Å². The molecule has 2 amide bonds. The first-order chi connectivity index (χ1) is 17.4. The quantitative estimate of drug-likeness (QED) is 0.190. The molecule has 0 spiro atoms. The lowest BCUT2D eigenvalue weighted by Gasteiger charge is -2.14. The van der Waals surface area contributed by atoms with Crippen LogP contribution in [0.25, 0.3) is 6.08 Å². The third-order valence-electron chi connectivity index (χ3n) is 5.13. The van der Waals surface area contributed by atoms with Crippen LogP contribution in [0.1, 0.15) is 11.1 Å². The van der Waals surface area contributed by atoms with E-state index in [9.17, 15) is 14.0 Å². The molecular weight excluding hydrogens is 620 g/mol. The summed E-state index contributed by atoms with van der Waals surface area (Å²) in [6, 6.07) is 16.6. The fraction of sp³-hybridized carbons (Fsp3) is 0.154. The van der Waals surface area contributed by atoms with Crippen molar-refractivity contribution in [2.45, 2.75) is 6.61 Å². The molecule has 0 saturated carbocycles. The number of halogens is 3. The molecule has 1 aliphatic rings. The fourth-order valence-corrected chi connectivity index (χ4v) is 5.19. The number of para-hydroxylation sites is 1. The zero-order valence-corrected chi connectivity index (χ0v) is 22.7. The van der Waals surface area contributed by atoms with Gasteiger partial charge in [-0.2, -0.15) is 0 Å². The van der Waals surface area contributed by atoms with Crippen molar-refractivity contribution < 1.29 is 28.2 Å². The van der Waals surface area contributed by atoms with Crippen LogP contribution in [0, 0.1) is 9.39 Å². The minimum atomic E-state index is -0.390. The molecule has 0 aliphatic carbocycles. The first kappa shape index (κ1) is 26.3. The van der Waals surface area contributed by atoms with Gasteiger partial charge in [0, 0.05) is 0 Å². The summed E-state index contributed by atoms with van der Waals surface area (Å²) in [5, 5.41) is 0.0927. The van der Waals surface area contributed by atoms with Gasteiger partial charge in [0.25, 0.3) is 11.1 Å². The number of carbonyl (C=O) groups is 2. The third kappa shape index (κ3) is 6.32. The molecule has 0 aromatic heterocycles. The van der Waals surface area contributed by atoms with Crippen molar-refractivity contribution in [3.05, 3.63) is 91.1 Å². The molecule has 186 valence electrons. The van der Waals surface area contributed by atoms with Gasteiger partial charge >= 0.3 is 0 Å². The van der Waals surface area contributed by atoms with E-state index in [-0.39, 0.29) is 30.8 Å². The second-order valence-corrected chi connectivity index (χ2v) is 10.1. The van der Waals surface area contributed by atoms with Gasteiger partial charge in [0.1, 0.15) is 24.8 Å². The van der Waals surface area contributed by atoms with Crippen molar-refractivity contribution in [1.29, 1.82) is 0 Å². The summed E-state index contributed by atoms with van der Waals surface area (Å²) in [5.74, 6) is 0.795. The summed E-state index contributed by atoms with van der Waals surface area (Å²) in [6.07, 6.45) is 1.65. The largest absolute Gasteiger partial charge is 0.493 e. The molecular formula is C26H20ClFINO5S. The molecule has 1 aliphatic heterocycles. The Kier molecular flexibility index (Phi) is 8.76. The van der Waals surface area contributed by atoms with Crippen molar-refractivity contribution in [3.63, 3.8) is 0 Å². The highest BCUT2D eigenvalue weighted by molar-refractivity contribution is 14.1. The van der Waals surface area contributed by atoms with Crippen molar-refractivity contribution in [2.24, 2.45) is 0 Å². The number of amides is 2. The van der Waals surface area contributed by atoms with Gasteiger partial charge in [0.05, 0.1) is 27.2 Å². The van der Waals surface area contributed by atoms with Crippen LogP contribution in [0.3, 0.4) is 0 Å². The summed E-state index contributed by atoms with van der Waals surface area (Å²) in [7, 11) is 1.52. The van der Waals surface area contributed by atoms with Gasteiger partial charge in [-0.05, 0) is 88.0 Å². The van der Waals surface area contributed by atoms with E-state index in [2.05, 4.69) is 22.6 Å². The lowest BCUT2D eigenvalue weighted by atomic mass is 10.1. The highest BCUT2D eigenvalue weighted by Crippen LogP contribution is 2.37. The number of hydrogen-bond acceptors (Lipinski definition) is 6. The Hall–Kier alpha value is -2.76. The molecule has 0 bridgehead atoms. The van der Waals surface area contributed by atoms with Gasteiger partial charge in [-0.1, -0.05) is 35.9 Å². The molecule has 0 atom stereocenters. The molecule has 0 radical (unpaired) electrons. The Bertz CT molecular complexity index is 1320. The Morgan fingerprint density at radius 3 is 2.53 bits per heavy atom. The molecule has 3 aromatic carbocycles. The first-order valence-electron chi connectivity index (χ1n) is 10.7. The number of hydrogen-bond donors (Lipinski definition) is 0. The molecule has 1 heterocycles. The van der Waals surface area contributed by atoms with E-state index < -0.39 is 5.91 Å². The predicted molar refractivity (Wildman–Crippen MR) is 146 cm³/mol. The maximum atomic E-state index is 13.1. The van der Waals surface area contributed by atoms with Crippen LogP contribution >= 0.6 is 46.0 Å². The van der Waals surface area contributed by atoms with Gasteiger partial charge in [-0.25, -0.2) is 4.39 Å². The number of methoxy groups -OCH3 is 1. The van der Waals surface area contributed by atoms with Gasteiger partial charge < -0.3 is 14.2 Å². The average molecular weight is 640 g/mol. The van der Waals surface area contributed by atoms with Crippen LogP contribution in [0.5, 0.6) is 17.2 Å². The zero-order chi connectivity index (χ0) is 25.7. The van der Waals surface area contributed by atoms with Crippen molar-refractivity contribution in [1.82, 2.24) is 4.90 Å². The molecule has 0 unspecified atom stereocenters. The number of nitrogens with zero attached hydrogens (tertiary/aromatic N) is 1. The number of ether oxygens (including phenoxy) is 3. The normalized spacial score (nSPS) is 14.4. The smallest absolute Gasteiger partial charge is 0.293 e. The first-order valence-corrected chi connectivity index (χ1v) is 13.0. The summed E-state index contributed by atoms with van der Waals surface area (Å²) >= 11 is 9.07. The van der Waals surface area contributed by atoms with Gasteiger partial charge in [-0.15, -0.1) is 0 Å². The van der Waals surface area contributed by atoms with Crippen molar-refractivity contribution in [3.8, 4) is 17.2 Å². The van der Waals surface area contributed by atoms with E-state index in [1.165, 1.54) is 19.2 Å². The fourth-order valence-electron chi connectivity index (χ4n) is 3.35. The van der Waals surface area contributed by atoms with E-state index >= 15 is 0 Å². The zero-order valence-electron chi connectivity index (χ0n) is 19.0. The molecule has 3 aromatic rings. The summed E-state index contributed by atoms with van der Waals surface area (Å²) in [6.45, 7) is 0.465. The van der Waals surface area contributed by atoms with Gasteiger partial charge in [0.15, 0.2) is 11.5 Å². The van der Waals surface area contributed by atoms with Crippen LogP contribution in [0.2, 0.25) is 5.02 Å². The maximum Gasteiger partial charge on any atom is 0.293 e. The standard InChI is InChI=1S/C26H20ClFINO5S/c1-33-22-13-17(12-20(29)24(22)35-15-16-6-8-18(28)9-7-16)14-23-25(31)30(26(32)36-23)10-11-34-21-5-3-2-4-19(21)27/h2-9,12-14H,10-11,15H2,1H3/b23-14-. The van der Waals surface area contributed by atoms with E-state index in [1.54, 1.807) is 48.5 Å².